The Morgan fingerprint density at radius 2 is 1.85 bits per heavy atom. The Bertz CT molecular complexity index is 779. The van der Waals surface area contributed by atoms with Crippen molar-refractivity contribution >= 4 is 51.8 Å². The first kappa shape index (κ1) is 13.8. The first-order chi connectivity index (χ1) is 9.54. The molecule has 0 atom stereocenters. The van der Waals surface area contributed by atoms with Gasteiger partial charge in [0.2, 0.25) is 0 Å². The van der Waals surface area contributed by atoms with Gasteiger partial charge in [-0.3, -0.25) is 0 Å². The van der Waals surface area contributed by atoms with Gasteiger partial charge in [-0.25, -0.2) is 4.68 Å². The highest BCUT2D eigenvalue weighted by Gasteiger charge is 2.12. The van der Waals surface area contributed by atoms with Crippen LogP contribution in [0.5, 0.6) is 0 Å². The maximum atomic E-state index is 6.01. The molecule has 1 aromatic carbocycles. The maximum Gasteiger partial charge on any atom is 0.126 e. The number of aromatic nitrogens is 2. The zero-order valence-corrected chi connectivity index (χ0v) is 13.1. The molecule has 0 aliphatic rings. The summed E-state index contributed by atoms with van der Waals surface area (Å²) < 4.78 is 2.36. The average molecular weight is 345 g/mol. The number of anilines is 1. The van der Waals surface area contributed by atoms with Crippen molar-refractivity contribution < 1.29 is 0 Å². The molecule has 2 aromatic heterocycles. The van der Waals surface area contributed by atoms with E-state index in [1.807, 2.05) is 18.2 Å². The Balaban J connectivity index is 2.06. The molecule has 0 amide bonds. The smallest absolute Gasteiger partial charge is 0.126 e. The molecule has 0 radical (unpaired) electrons. The Hall–Kier alpha value is -1.20. The van der Waals surface area contributed by atoms with Gasteiger partial charge in [-0.2, -0.15) is 5.10 Å². The summed E-state index contributed by atoms with van der Waals surface area (Å²) in [6, 6.07) is 9.00. The molecule has 2 N–H and O–H groups in total. The van der Waals surface area contributed by atoms with Gasteiger partial charge in [0, 0.05) is 0 Å². The van der Waals surface area contributed by atoms with Crippen molar-refractivity contribution in [2.75, 3.05) is 5.73 Å². The summed E-state index contributed by atoms with van der Waals surface area (Å²) in [6.45, 7) is 0. The molecule has 3 nitrogen and oxygen atoms in total. The van der Waals surface area contributed by atoms with Crippen LogP contribution in [0.3, 0.4) is 0 Å². The fourth-order valence-corrected chi connectivity index (χ4v) is 3.12. The third-order valence-electron chi connectivity index (χ3n) is 2.72. The summed E-state index contributed by atoms with van der Waals surface area (Å²) in [4.78, 5) is 0.923. The number of benzene rings is 1. The molecular weight excluding hydrogens is 337 g/mol. The molecule has 0 aliphatic carbocycles. The van der Waals surface area contributed by atoms with Crippen LogP contribution in [0.1, 0.15) is 0 Å². The third-order valence-corrected chi connectivity index (χ3v) is 4.69. The first-order valence-electron chi connectivity index (χ1n) is 5.61. The Morgan fingerprint density at radius 3 is 2.50 bits per heavy atom. The van der Waals surface area contributed by atoms with Crippen LogP contribution in [0.15, 0.2) is 36.5 Å². The largest absolute Gasteiger partial charge is 0.396 e. The monoisotopic (exact) mass is 343 g/mol. The van der Waals surface area contributed by atoms with Crippen LogP contribution in [0, 0.1) is 0 Å². The lowest BCUT2D eigenvalue weighted by Crippen LogP contribution is -1.94. The second-order valence-corrected chi connectivity index (χ2v) is 6.61. The van der Waals surface area contributed by atoms with Gasteiger partial charge >= 0.3 is 0 Å². The Morgan fingerprint density at radius 1 is 1.05 bits per heavy atom. The molecule has 0 bridgehead atoms. The lowest BCUT2D eigenvalue weighted by atomic mass is 10.3. The normalized spacial score (nSPS) is 10.9. The van der Waals surface area contributed by atoms with Gasteiger partial charge in [0.1, 0.15) is 5.69 Å². The second kappa shape index (κ2) is 5.30. The molecule has 0 saturated carbocycles. The van der Waals surface area contributed by atoms with Gasteiger partial charge in [0.25, 0.3) is 0 Å². The number of rotatable bonds is 2. The average Bonchev–Trinajstić information content (AvgIpc) is 2.99. The van der Waals surface area contributed by atoms with Crippen molar-refractivity contribution in [3.63, 3.8) is 0 Å². The number of thiophene rings is 1. The molecule has 7 heteroatoms. The lowest BCUT2D eigenvalue weighted by molar-refractivity contribution is 0.885. The van der Waals surface area contributed by atoms with E-state index < -0.39 is 0 Å². The van der Waals surface area contributed by atoms with Gasteiger partial charge in [-0.1, -0.05) is 34.8 Å². The van der Waals surface area contributed by atoms with E-state index in [2.05, 4.69) is 5.10 Å². The van der Waals surface area contributed by atoms with Crippen LogP contribution < -0.4 is 5.73 Å². The molecule has 0 saturated heterocycles. The topological polar surface area (TPSA) is 43.8 Å². The van der Waals surface area contributed by atoms with E-state index in [1.54, 1.807) is 23.0 Å². The van der Waals surface area contributed by atoms with Crippen molar-refractivity contribution in [1.29, 1.82) is 0 Å². The third kappa shape index (κ3) is 2.52. The minimum atomic E-state index is 0.471. The van der Waals surface area contributed by atoms with Crippen molar-refractivity contribution in [1.82, 2.24) is 9.78 Å². The molecule has 0 fully saturated rings. The predicted molar refractivity (Wildman–Crippen MR) is 86.3 cm³/mol. The number of hydrogen-bond donors (Lipinski definition) is 1. The minimum absolute atomic E-state index is 0.471. The van der Waals surface area contributed by atoms with E-state index in [0.717, 1.165) is 10.6 Å². The van der Waals surface area contributed by atoms with Crippen molar-refractivity contribution in [2.45, 2.75) is 0 Å². The maximum absolute atomic E-state index is 6.01. The van der Waals surface area contributed by atoms with E-state index in [0.29, 0.717) is 25.8 Å². The van der Waals surface area contributed by atoms with Crippen molar-refractivity contribution in [3.8, 4) is 16.3 Å². The zero-order valence-electron chi connectivity index (χ0n) is 9.98. The van der Waals surface area contributed by atoms with E-state index in [9.17, 15) is 0 Å². The SMILES string of the molecule is Nc1cn(-c2ccc(Cl)c(Cl)c2)nc1-c1ccc(Cl)s1. The van der Waals surface area contributed by atoms with Gasteiger partial charge < -0.3 is 5.73 Å². The Kier molecular flexibility index (Phi) is 3.65. The molecule has 0 unspecified atom stereocenters. The number of nitrogens with zero attached hydrogens (tertiary/aromatic N) is 2. The van der Waals surface area contributed by atoms with E-state index in [-0.39, 0.29) is 0 Å². The number of hydrogen-bond acceptors (Lipinski definition) is 3. The molecule has 3 rings (SSSR count). The van der Waals surface area contributed by atoms with Crippen LogP contribution in [0.2, 0.25) is 14.4 Å². The fraction of sp³-hybridized carbons (Fsp3) is 0. The molecular formula is C13H8Cl3N3S. The van der Waals surface area contributed by atoms with Crippen LogP contribution in [-0.2, 0) is 0 Å². The lowest BCUT2D eigenvalue weighted by Gasteiger charge is -2.02. The quantitative estimate of drug-likeness (QED) is 0.699. The molecule has 102 valence electrons. The molecule has 0 spiro atoms. The highest BCUT2D eigenvalue weighted by molar-refractivity contribution is 7.19. The standard InChI is InChI=1S/C13H8Cl3N3S/c14-8-2-1-7(5-9(8)15)19-6-10(17)13(18-19)11-3-4-12(16)20-11/h1-6H,17H2. The summed E-state index contributed by atoms with van der Waals surface area (Å²) in [7, 11) is 0. The molecule has 20 heavy (non-hydrogen) atoms. The zero-order chi connectivity index (χ0) is 14.3. The van der Waals surface area contributed by atoms with Crippen LogP contribution >= 0.6 is 46.1 Å². The highest BCUT2D eigenvalue weighted by Crippen LogP contribution is 2.34. The summed E-state index contributed by atoms with van der Waals surface area (Å²) in [5.41, 5.74) is 8.08. The number of halogens is 3. The first-order valence-corrected chi connectivity index (χ1v) is 7.56. The summed E-state index contributed by atoms with van der Waals surface area (Å²) in [5, 5.41) is 5.45. The summed E-state index contributed by atoms with van der Waals surface area (Å²) >= 11 is 19.3. The van der Waals surface area contributed by atoms with E-state index in [4.69, 9.17) is 40.5 Å². The summed E-state index contributed by atoms with van der Waals surface area (Å²) in [5.74, 6) is 0. The fourth-order valence-electron chi connectivity index (χ4n) is 1.78. The number of nitrogens with two attached hydrogens (primary N) is 1. The van der Waals surface area contributed by atoms with E-state index in [1.165, 1.54) is 11.3 Å². The summed E-state index contributed by atoms with van der Waals surface area (Å²) in [6.07, 6.45) is 1.74. The van der Waals surface area contributed by atoms with Crippen LogP contribution in [0.25, 0.3) is 16.3 Å². The van der Waals surface area contributed by atoms with Gasteiger partial charge in [-0.05, 0) is 30.3 Å². The number of nitrogen functional groups attached to an aromatic ring is 1. The van der Waals surface area contributed by atoms with Crippen molar-refractivity contribution in [2.24, 2.45) is 0 Å². The highest BCUT2D eigenvalue weighted by atomic mass is 35.5. The van der Waals surface area contributed by atoms with Gasteiger partial charge in [0.05, 0.1) is 36.8 Å². The molecule has 2 heterocycles. The molecule has 0 aliphatic heterocycles. The minimum Gasteiger partial charge on any atom is -0.396 e. The Labute approximate surface area is 134 Å². The van der Waals surface area contributed by atoms with Gasteiger partial charge in [-0.15, -0.1) is 11.3 Å². The van der Waals surface area contributed by atoms with Gasteiger partial charge in [0.15, 0.2) is 0 Å². The van der Waals surface area contributed by atoms with E-state index >= 15 is 0 Å². The van der Waals surface area contributed by atoms with Crippen LogP contribution in [-0.4, -0.2) is 9.78 Å². The van der Waals surface area contributed by atoms with Crippen molar-refractivity contribution in [3.05, 3.63) is 50.9 Å². The van der Waals surface area contributed by atoms with Crippen LogP contribution in [0.4, 0.5) is 5.69 Å². The predicted octanol–water partition coefficient (Wildman–Crippen LogP) is 5.14. The second-order valence-electron chi connectivity index (χ2n) is 4.08. The molecule has 3 aromatic rings.